The zero-order valence-electron chi connectivity index (χ0n) is 23.5. The van der Waals surface area contributed by atoms with E-state index in [9.17, 15) is 18.0 Å². The van der Waals surface area contributed by atoms with Gasteiger partial charge in [0.2, 0.25) is 11.9 Å². The van der Waals surface area contributed by atoms with Crippen molar-refractivity contribution < 1.29 is 27.4 Å². The number of halogens is 3. The van der Waals surface area contributed by atoms with E-state index in [4.69, 9.17) is 9.47 Å². The average molecular weight is 597 g/mol. The molecule has 1 amide bonds. The number of anilines is 2. The molecule has 226 valence electrons. The van der Waals surface area contributed by atoms with Gasteiger partial charge in [0.1, 0.15) is 17.9 Å². The molecule has 6 rings (SSSR count). The maximum absolute atomic E-state index is 12.6. The lowest BCUT2D eigenvalue weighted by Gasteiger charge is -2.35. The summed E-state index contributed by atoms with van der Waals surface area (Å²) in [5, 5.41) is 3.21. The highest BCUT2D eigenvalue weighted by Gasteiger charge is 2.34. The van der Waals surface area contributed by atoms with E-state index >= 15 is 0 Å². The molecule has 14 heteroatoms. The number of rotatable bonds is 10. The van der Waals surface area contributed by atoms with E-state index < -0.39 is 18.5 Å². The van der Waals surface area contributed by atoms with Gasteiger partial charge < -0.3 is 24.7 Å². The molecule has 1 saturated carbocycles. The molecular weight excluding hydrogens is 565 g/mol. The first-order valence-electron chi connectivity index (χ1n) is 14.1. The van der Waals surface area contributed by atoms with Crippen LogP contribution in [0.3, 0.4) is 0 Å². The smallest absolute Gasteiger partial charge is 0.397 e. The number of pyridine rings is 1. The molecule has 0 bridgehead atoms. The van der Waals surface area contributed by atoms with Crippen molar-refractivity contribution in [3.8, 4) is 23.0 Å². The van der Waals surface area contributed by atoms with Crippen LogP contribution >= 0.6 is 0 Å². The van der Waals surface area contributed by atoms with Crippen LogP contribution in [0, 0.1) is 5.92 Å². The first-order chi connectivity index (χ1) is 20.7. The molecule has 0 radical (unpaired) electrons. The summed E-state index contributed by atoms with van der Waals surface area (Å²) in [4.78, 5) is 36.4. The van der Waals surface area contributed by atoms with Gasteiger partial charge in [-0.05, 0) is 48.6 Å². The van der Waals surface area contributed by atoms with Crippen molar-refractivity contribution >= 4 is 28.7 Å². The van der Waals surface area contributed by atoms with Gasteiger partial charge in [-0.15, -0.1) is 0 Å². The minimum Gasteiger partial charge on any atom is -0.493 e. The van der Waals surface area contributed by atoms with Crippen molar-refractivity contribution in [1.29, 1.82) is 0 Å². The number of methoxy groups -OCH3 is 1. The van der Waals surface area contributed by atoms with E-state index in [1.807, 2.05) is 30.3 Å². The van der Waals surface area contributed by atoms with Crippen LogP contribution in [-0.4, -0.2) is 86.7 Å². The van der Waals surface area contributed by atoms with Crippen LogP contribution < -0.4 is 14.8 Å². The number of imidazole rings is 1. The average Bonchev–Trinajstić information content (AvgIpc) is 3.73. The topological polar surface area (TPSA) is 121 Å². The third-order valence-electron chi connectivity index (χ3n) is 7.41. The number of nitrogens with one attached hydrogen (secondary N) is 2. The molecule has 2 aliphatic rings. The molecule has 1 saturated heterocycles. The van der Waals surface area contributed by atoms with Gasteiger partial charge >= 0.3 is 12.2 Å². The van der Waals surface area contributed by atoms with Gasteiger partial charge in [0.15, 0.2) is 5.75 Å². The highest BCUT2D eigenvalue weighted by atomic mass is 19.4. The summed E-state index contributed by atoms with van der Waals surface area (Å²) in [5.41, 5.74) is 3.95. The lowest BCUT2D eigenvalue weighted by atomic mass is 10.1. The summed E-state index contributed by atoms with van der Waals surface area (Å²) in [5.74, 6) is 1.34. The Morgan fingerprint density at radius 2 is 1.91 bits per heavy atom. The van der Waals surface area contributed by atoms with E-state index in [0.717, 1.165) is 22.2 Å². The second-order valence-electron chi connectivity index (χ2n) is 10.8. The first kappa shape index (κ1) is 28.6. The Morgan fingerprint density at radius 1 is 1.09 bits per heavy atom. The number of aromatic nitrogens is 5. The predicted molar refractivity (Wildman–Crippen MR) is 152 cm³/mol. The molecule has 4 heterocycles. The van der Waals surface area contributed by atoms with Gasteiger partial charge in [0, 0.05) is 44.5 Å². The fourth-order valence-corrected chi connectivity index (χ4v) is 4.93. The number of fused-ring (bicyclic) bond motifs is 1. The number of ether oxygens (including phenoxy) is 2. The number of hydrogen-bond donors (Lipinski definition) is 2. The Morgan fingerprint density at radius 3 is 2.65 bits per heavy atom. The third kappa shape index (κ3) is 7.31. The van der Waals surface area contributed by atoms with Crippen molar-refractivity contribution in [2.24, 2.45) is 5.92 Å². The van der Waals surface area contributed by atoms with Crippen molar-refractivity contribution in [3.63, 3.8) is 0 Å². The SMILES string of the molecule is COc1cnc(OCC2CC2)nc1-c1ccc2nc(Nc3cc(CN4CCN(C(=O)CC(F)(F)F)CC4)ccn3)[nH]c2c1. The molecule has 4 aromatic rings. The monoisotopic (exact) mass is 596 g/mol. The highest BCUT2D eigenvalue weighted by molar-refractivity contribution is 5.84. The minimum atomic E-state index is -4.49. The Labute approximate surface area is 245 Å². The van der Waals surface area contributed by atoms with Crippen LogP contribution in [0.15, 0.2) is 42.7 Å². The Kier molecular flexibility index (Phi) is 8.02. The van der Waals surface area contributed by atoms with E-state index in [0.29, 0.717) is 61.4 Å². The van der Waals surface area contributed by atoms with Crippen LogP contribution in [0.2, 0.25) is 0 Å². The minimum absolute atomic E-state index is 0.266. The largest absolute Gasteiger partial charge is 0.493 e. The zero-order valence-corrected chi connectivity index (χ0v) is 23.5. The first-order valence-corrected chi connectivity index (χ1v) is 14.1. The highest BCUT2D eigenvalue weighted by Crippen LogP contribution is 2.33. The summed E-state index contributed by atoms with van der Waals surface area (Å²) in [7, 11) is 1.57. The Bertz CT molecular complexity index is 1600. The van der Waals surface area contributed by atoms with Crippen LogP contribution in [0.4, 0.5) is 24.9 Å². The molecule has 0 spiro atoms. The van der Waals surface area contributed by atoms with Crippen molar-refractivity contribution in [2.45, 2.75) is 32.0 Å². The molecular formula is C29H31F3N8O3. The van der Waals surface area contributed by atoms with Gasteiger partial charge in [-0.2, -0.15) is 23.1 Å². The third-order valence-corrected chi connectivity index (χ3v) is 7.41. The number of aromatic amines is 1. The molecule has 1 aromatic carbocycles. The van der Waals surface area contributed by atoms with Gasteiger partial charge in [0.05, 0.1) is 30.9 Å². The molecule has 0 atom stereocenters. The molecule has 2 N–H and O–H groups in total. The van der Waals surface area contributed by atoms with E-state index in [2.05, 4.69) is 35.1 Å². The molecule has 43 heavy (non-hydrogen) atoms. The standard InChI is InChI=1S/C29H31F3N8O3/c1-42-23-15-34-28(43-17-18-2-3-18)38-26(23)20-4-5-21-22(13-20)36-27(35-21)37-24-12-19(6-7-33-24)16-39-8-10-40(11-9-39)25(41)14-29(30,31)32/h4-7,12-13,15,18H,2-3,8-11,14,16-17H2,1H3,(H2,33,35,36,37). The summed E-state index contributed by atoms with van der Waals surface area (Å²) in [6.07, 6.45) is -0.261. The Hall–Kier alpha value is -4.46. The number of nitrogens with zero attached hydrogens (tertiary/aromatic N) is 6. The number of alkyl halides is 3. The normalized spacial score (nSPS) is 16.0. The number of carbonyl (C=O) groups is 1. The maximum atomic E-state index is 12.6. The number of amides is 1. The number of piperazine rings is 1. The number of hydrogen-bond acceptors (Lipinski definition) is 9. The molecule has 3 aromatic heterocycles. The number of carbonyl (C=O) groups excluding carboxylic acids is 1. The maximum Gasteiger partial charge on any atom is 0.397 e. The van der Waals surface area contributed by atoms with Gasteiger partial charge in [-0.25, -0.2) is 9.97 Å². The summed E-state index contributed by atoms with van der Waals surface area (Å²) >= 11 is 0. The lowest BCUT2D eigenvalue weighted by Crippen LogP contribution is -2.49. The second-order valence-corrected chi connectivity index (χ2v) is 10.8. The summed E-state index contributed by atoms with van der Waals surface area (Å²) < 4.78 is 49.0. The van der Waals surface area contributed by atoms with Crippen molar-refractivity contribution in [2.75, 3.05) is 45.2 Å². The molecule has 1 aliphatic heterocycles. The summed E-state index contributed by atoms with van der Waals surface area (Å²) in [6, 6.07) is 9.84. The second kappa shape index (κ2) is 12.0. The van der Waals surface area contributed by atoms with E-state index in [-0.39, 0.29) is 13.1 Å². The molecule has 0 unspecified atom stereocenters. The van der Waals surface area contributed by atoms with Crippen molar-refractivity contribution in [3.05, 3.63) is 48.3 Å². The zero-order chi connectivity index (χ0) is 30.0. The Balaban J connectivity index is 1.10. The number of benzene rings is 1. The molecule has 2 fully saturated rings. The van der Waals surface area contributed by atoms with Crippen LogP contribution in [-0.2, 0) is 11.3 Å². The fourth-order valence-electron chi connectivity index (χ4n) is 4.93. The van der Waals surface area contributed by atoms with Crippen LogP contribution in [0.1, 0.15) is 24.8 Å². The quantitative estimate of drug-likeness (QED) is 0.272. The summed E-state index contributed by atoms with van der Waals surface area (Å²) in [6.45, 7) is 2.70. The number of H-pyrrole nitrogens is 1. The van der Waals surface area contributed by atoms with Crippen molar-refractivity contribution in [1.82, 2.24) is 34.7 Å². The lowest BCUT2D eigenvalue weighted by molar-refractivity contribution is -0.162. The van der Waals surface area contributed by atoms with Gasteiger partial charge in [-0.1, -0.05) is 6.07 Å². The van der Waals surface area contributed by atoms with Gasteiger partial charge in [-0.3, -0.25) is 9.69 Å². The fraction of sp³-hybridized carbons (Fsp3) is 0.414. The van der Waals surface area contributed by atoms with Gasteiger partial charge in [0.25, 0.3) is 0 Å². The predicted octanol–water partition coefficient (Wildman–Crippen LogP) is 4.55. The molecule has 11 nitrogen and oxygen atoms in total. The van der Waals surface area contributed by atoms with E-state index in [1.54, 1.807) is 19.5 Å². The van der Waals surface area contributed by atoms with Crippen LogP contribution in [0.25, 0.3) is 22.3 Å². The van der Waals surface area contributed by atoms with Crippen LogP contribution in [0.5, 0.6) is 11.8 Å². The molecule has 1 aliphatic carbocycles. The van der Waals surface area contributed by atoms with E-state index in [1.165, 1.54) is 17.7 Å².